The van der Waals surface area contributed by atoms with E-state index in [-0.39, 0.29) is 0 Å². The molecule has 0 aliphatic heterocycles. The van der Waals surface area contributed by atoms with Crippen LogP contribution in [-0.4, -0.2) is 18.1 Å². The molecule has 0 radical (unpaired) electrons. The third-order valence-electron chi connectivity index (χ3n) is 2.71. The lowest BCUT2D eigenvalue weighted by Crippen LogP contribution is -2.19. The van der Waals surface area contributed by atoms with Crippen LogP contribution in [0, 0.1) is 0 Å². The van der Waals surface area contributed by atoms with Crippen LogP contribution in [0.2, 0.25) is 0 Å². The fourth-order valence-electron chi connectivity index (χ4n) is 1.93. The van der Waals surface area contributed by atoms with E-state index in [1.165, 1.54) is 19.3 Å². The van der Waals surface area contributed by atoms with Gasteiger partial charge in [-0.2, -0.15) is 4.98 Å². The van der Waals surface area contributed by atoms with Crippen molar-refractivity contribution in [2.75, 3.05) is 7.05 Å². The highest BCUT2D eigenvalue weighted by atomic mass is 16.6. The highest BCUT2D eigenvalue weighted by Crippen LogP contribution is 2.22. The second-order valence-corrected chi connectivity index (χ2v) is 4.01. The van der Waals surface area contributed by atoms with Gasteiger partial charge in [0.25, 0.3) is 0 Å². The van der Waals surface area contributed by atoms with Crippen LogP contribution in [0.3, 0.4) is 0 Å². The van der Waals surface area contributed by atoms with E-state index in [4.69, 9.17) is 9.15 Å². The van der Waals surface area contributed by atoms with Gasteiger partial charge in [0.15, 0.2) is 0 Å². The van der Waals surface area contributed by atoms with Crippen molar-refractivity contribution >= 4 is 0 Å². The molecule has 0 bridgehead atoms. The zero-order chi connectivity index (χ0) is 10.5. The van der Waals surface area contributed by atoms with Gasteiger partial charge in [0, 0.05) is 6.54 Å². The summed E-state index contributed by atoms with van der Waals surface area (Å²) in [4.78, 5) is 4.24. The minimum absolute atomic E-state index is 0.305. The van der Waals surface area contributed by atoms with Crippen LogP contribution in [0.25, 0.3) is 0 Å². The maximum atomic E-state index is 5.68. The van der Waals surface area contributed by atoms with Crippen LogP contribution in [0.1, 0.15) is 37.8 Å². The van der Waals surface area contributed by atoms with Crippen LogP contribution in [-0.2, 0) is 6.54 Å². The molecule has 1 heterocycles. The third-order valence-corrected chi connectivity index (χ3v) is 2.71. The van der Waals surface area contributed by atoms with Crippen LogP contribution < -0.4 is 10.1 Å². The maximum absolute atomic E-state index is 5.68. The Kier molecular flexibility index (Phi) is 3.61. The van der Waals surface area contributed by atoms with Crippen molar-refractivity contribution in [1.29, 1.82) is 0 Å². The van der Waals surface area contributed by atoms with Gasteiger partial charge >= 0.3 is 6.08 Å². The number of nitrogens with one attached hydrogen (secondary N) is 1. The van der Waals surface area contributed by atoms with E-state index in [0.29, 0.717) is 12.2 Å². The Morgan fingerprint density at radius 1 is 1.47 bits per heavy atom. The smallest absolute Gasteiger partial charge is 0.394 e. The molecule has 1 aliphatic rings. The molecule has 1 aromatic rings. The molecule has 15 heavy (non-hydrogen) atoms. The summed E-state index contributed by atoms with van der Waals surface area (Å²) in [6.45, 7) is 0.720. The molecule has 1 N–H and O–H groups in total. The Morgan fingerprint density at radius 2 is 2.27 bits per heavy atom. The number of aromatic nitrogens is 1. The van der Waals surface area contributed by atoms with Crippen LogP contribution in [0.15, 0.2) is 10.7 Å². The summed E-state index contributed by atoms with van der Waals surface area (Å²) in [6.07, 6.45) is 8.48. The number of hydrogen-bond donors (Lipinski definition) is 1. The van der Waals surface area contributed by atoms with Gasteiger partial charge in [-0.15, -0.1) is 0 Å². The molecule has 0 atom stereocenters. The molecule has 1 saturated carbocycles. The van der Waals surface area contributed by atoms with Crippen molar-refractivity contribution < 1.29 is 9.15 Å². The summed E-state index contributed by atoms with van der Waals surface area (Å²) in [7, 11) is 1.89. The molecule has 1 aromatic heterocycles. The number of ether oxygens (including phenoxy) is 1. The minimum Gasteiger partial charge on any atom is -0.447 e. The summed E-state index contributed by atoms with van der Waals surface area (Å²) in [5.74, 6) is 0. The van der Waals surface area contributed by atoms with Gasteiger partial charge in [0.05, 0.1) is 5.69 Å². The predicted octanol–water partition coefficient (Wildman–Crippen LogP) is 2.11. The molecule has 4 nitrogen and oxygen atoms in total. The van der Waals surface area contributed by atoms with Gasteiger partial charge in [0.1, 0.15) is 12.4 Å². The summed E-state index contributed by atoms with van der Waals surface area (Å²) < 4.78 is 10.9. The lowest BCUT2D eigenvalue weighted by Gasteiger charge is -2.20. The Hall–Kier alpha value is -1.03. The first-order chi connectivity index (χ1) is 7.38. The fraction of sp³-hybridized carbons (Fsp3) is 0.727. The molecule has 84 valence electrons. The van der Waals surface area contributed by atoms with Crippen molar-refractivity contribution in [1.82, 2.24) is 10.3 Å². The first-order valence-electron chi connectivity index (χ1n) is 5.64. The molecule has 0 amide bonds. The molecule has 2 rings (SSSR count). The summed E-state index contributed by atoms with van der Waals surface area (Å²) in [5, 5.41) is 3.02. The minimum atomic E-state index is 0.305. The number of rotatable bonds is 4. The SMILES string of the molecule is CNCc1coc(OC2CCCCC2)n1. The van der Waals surface area contributed by atoms with E-state index in [9.17, 15) is 0 Å². The lowest BCUT2D eigenvalue weighted by molar-refractivity contribution is 0.113. The van der Waals surface area contributed by atoms with Crippen LogP contribution >= 0.6 is 0 Å². The largest absolute Gasteiger partial charge is 0.447 e. The van der Waals surface area contributed by atoms with Crippen molar-refractivity contribution in [3.8, 4) is 6.08 Å². The van der Waals surface area contributed by atoms with E-state index in [2.05, 4.69) is 10.3 Å². The zero-order valence-corrected chi connectivity index (χ0v) is 9.16. The van der Waals surface area contributed by atoms with Gasteiger partial charge in [-0.05, 0) is 32.7 Å². The molecule has 0 saturated heterocycles. The van der Waals surface area contributed by atoms with E-state index in [1.54, 1.807) is 6.26 Å². The quantitative estimate of drug-likeness (QED) is 0.826. The topological polar surface area (TPSA) is 47.3 Å². The highest BCUT2D eigenvalue weighted by Gasteiger charge is 2.17. The Labute approximate surface area is 90.0 Å². The first kappa shape index (κ1) is 10.5. The standard InChI is InChI=1S/C11H18N2O2/c1-12-7-9-8-14-11(13-9)15-10-5-3-2-4-6-10/h8,10,12H,2-7H2,1H3. The van der Waals surface area contributed by atoms with Gasteiger partial charge in [-0.3, -0.25) is 0 Å². The molecular weight excluding hydrogens is 192 g/mol. The molecule has 0 spiro atoms. The molecule has 1 aliphatic carbocycles. The normalized spacial score (nSPS) is 17.9. The maximum Gasteiger partial charge on any atom is 0.394 e. The van der Waals surface area contributed by atoms with Crippen molar-refractivity contribution in [3.63, 3.8) is 0 Å². The van der Waals surface area contributed by atoms with Gasteiger partial charge in [-0.1, -0.05) is 6.42 Å². The molecule has 4 heteroatoms. The number of hydrogen-bond acceptors (Lipinski definition) is 4. The predicted molar refractivity (Wildman–Crippen MR) is 56.8 cm³/mol. The van der Waals surface area contributed by atoms with Gasteiger partial charge in [-0.25, -0.2) is 0 Å². The van der Waals surface area contributed by atoms with Gasteiger partial charge in [0.2, 0.25) is 0 Å². The third kappa shape index (κ3) is 2.96. The van der Waals surface area contributed by atoms with Crippen LogP contribution in [0.5, 0.6) is 6.08 Å². The summed E-state index contributed by atoms with van der Waals surface area (Å²) in [5.41, 5.74) is 0.892. The van der Waals surface area contributed by atoms with E-state index >= 15 is 0 Å². The summed E-state index contributed by atoms with van der Waals surface area (Å²) in [6, 6.07) is 0. The molecule has 1 fully saturated rings. The Balaban J connectivity index is 1.86. The Bertz CT molecular complexity index is 293. The summed E-state index contributed by atoms with van der Waals surface area (Å²) >= 11 is 0. The zero-order valence-electron chi connectivity index (χ0n) is 9.16. The van der Waals surface area contributed by atoms with Crippen LogP contribution in [0.4, 0.5) is 0 Å². The second-order valence-electron chi connectivity index (χ2n) is 4.01. The van der Waals surface area contributed by atoms with Crippen molar-refractivity contribution in [2.24, 2.45) is 0 Å². The Morgan fingerprint density at radius 3 is 3.00 bits per heavy atom. The fourth-order valence-corrected chi connectivity index (χ4v) is 1.93. The molecular formula is C11H18N2O2. The average molecular weight is 210 g/mol. The van der Waals surface area contributed by atoms with Crippen molar-refractivity contribution in [2.45, 2.75) is 44.8 Å². The van der Waals surface area contributed by atoms with E-state index < -0.39 is 0 Å². The first-order valence-corrected chi connectivity index (χ1v) is 5.64. The lowest BCUT2D eigenvalue weighted by atomic mass is 9.98. The molecule has 0 unspecified atom stereocenters. The molecule has 0 aromatic carbocycles. The average Bonchev–Trinajstić information content (AvgIpc) is 2.68. The monoisotopic (exact) mass is 210 g/mol. The highest BCUT2D eigenvalue weighted by molar-refractivity contribution is 4.99. The van der Waals surface area contributed by atoms with Crippen molar-refractivity contribution in [3.05, 3.63) is 12.0 Å². The number of nitrogens with zero attached hydrogens (tertiary/aromatic N) is 1. The van der Waals surface area contributed by atoms with E-state index in [0.717, 1.165) is 25.1 Å². The second kappa shape index (κ2) is 5.16. The van der Waals surface area contributed by atoms with Gasteiger partial charge < -0.3 is 14.5 Å². The number of oxazole rings is 1. The van der Waals surface area contributed by atoms with E-state index in [1.807, 2.05) is 7.05 Å².